The molecule has 10 atom stereocenters. The minimum absolute atomic E-state index is 0.0243. The molecule has 2 aliphatic heterocycles. The number of carbonyl (C=O) groups is 1. The van der Waals surface area contributed by atoms with Gasteiger partial charge in [0.2, 0.25) is 0 Å². The van der Waals surface area contributed by atoms with Gasteiger partial charge in [0.15, 0.2) is 0 Å². The molecule has 3 aliphatic carbocycles. The van der Waals surface area contributed by atoms with Gasteiger partial charge in [0.1, 0.15) is 6.04 Å². The van der Waals surface area contributed by atoms with Crippen LogP contribution in [0.5, 0.6) is 0 Å². The predicted octanol–water partition coefficient (Wildman–Crippen LogP) is 1.87. The smallest absolute Gasteiger partial charge is 0.320 e. The quantitative estimate of drug-likeness (QED) is 0.586. The highest BCUT2D eigenvalue weighted by Gasteiger charge is 2.78. The van der Waals surface area contributed by atoms with E-state index in [2.05, 4.69) is 31.1 Å². The number of aliphatic carboxylic acids is 1. The minimum atomic E-state index is -0.784. The van der Waals surface area contributed by atoms with E-state index in [9.17, 15) is 15.0 Å². The number of nitrogens with one attached hydrogen (secondary N) is 1. The average Bonchev–Trinajstić information content (AvgIpc) is 3.08. The first-order valence-corrected chi connectivity index (χ1v) is 12.3. The average molecular weight is 437 g/mol. The van der Waals surface area contributed by atoms with Crippen LogP contribution >= 0.6 is 0 Å². The Labute approximate surface area is 185 Å². The molecule has 5 rings (SSSR count). The standard InChI is InChI=1S/C24H40N2O5/c1-13(2)11-16(22(28)29)25-15-7-8-24(30-4)18-12-14-5-6-17(27)20-19(14)23(24,21(15)31-20)9-10-26(18)3/h13-21,25,27H,5-12H2,1-4H3,(H,28,29)/t14?,15-,16-,17?,18?,19?,20?,21-,23-,24+/m0/s1. The molecule has 0 radical (unpaired) electrons. The third-order valence-corrected chi connectivity index (χ3v) is 9.72. The van der Waals surface area contributed by atoms with Crippen LogP contribution in [0.3, 0.4) is 0 Å². The summed E-state index contributed by atoms with van der Waals surface area (Å²) in [6, 6.07) is -0.239. The van der Waals surface area contributed by atoms with Gasteiger partial charge >= 0.3 is 5.97 Å². The molecule has 0 aromatic rings. The number of ether oxygens (including phenoxy) is 2. The van der Waals surface area contributed by atoms with E-state index in [1.54, 1.807) is 0 Å². The van der Waals surface area contributed by atoms with E-state index in [0.717, 1.165) is 45.1 Å². The van der Waals surface area contributed by atoms with Gasteiger partial charge in [-0.25, -0.2) is 0 Å². The minimum Gasteiger partial charge on any atom is -0.480 e. The van der Waals surface area contributed by atoms with Gasteiger partial charge in [-0.15, -0.1) is 0 Å². The van der Waals surface area contributed by atoms with E-state index in [4.69, 9.17) is 9.47 Å². The van der Waals surface area contributed by atoms with Gasteiger partial charge < -0.3 is 24.6 Å². The molecule has 176 valence electrons. The number of aliphatic hydroxyl groups is 1. The Balaban J connectivity index is 1.55. The predicted molar refractivity (Wildman–Crippen MR) is 116 cm³/mol. The van der Waals surface area contributed by atoms with E-state index >= 15 is 0 Å². The molecule has 0 amide bonds. The van der Waals surface area contributed by atoms with Crippen molar-refractivity contribution in [3.8, 4) is 0 Å². The van der Waals surface area contributed by atoms with Crippen LogP contribution in [0.25, 0.3) is 0 Å². The first-order valence-electron chi connectivity index (χ1n) is 12.3. The Kier molecular flexibility index (Phi) is 5.45. The van der Waals surface area contributed by atoms with Crippen molar-refractivity contribution in [2.45, 2.75) is 101 Å². The van der Waals surface area contributed by atoms with Crippen molar-refractivity contribution in [3.63, 3.8) is 0 Å². The second-order valence-electron chi connectivity index (χ2n) is 11.4. The largest absolute Gasteiger partial charge is 0.480 e. The Hall–Kier alpha value is -0.730. The lowest BCUT2D eigenvalue weighted by Gasteiger charge is -2.69. The van der Waals surface area contributed by atoms with Crippen LogP contribution in [-0.4, -0.2) is 83.8 Å². The molecule has 5 fully saturated rings. The Bertz CT molecular complexity index is 718. The van der Waals surface area contributed by atoms with Gasteiger partial charge in [-0.1, -0.05) is 13.8 Å². The van der Waals surface area contributed by atoms with Crippen LogP contribution in [0.15, 0.2) is 0 Å². The molecule has 3 N–H and O–H groups in total. The number of hydrogen-bond donors (Lipinski definition) is 3. The molecule has 2 heterocycles. The number of aliphatic hydroxyl groups excluding tert-OH is 1. The summed E-state index contributed by atoms with van der Waals surface area (Å²) in [4.78, 5) is 14.5. The van der Waals surface area contributed by atoms with E-state index in [0.29, 0.717) is 30.2 Å². The summed E-state index contributed by atoms with van der Waals surface area (Å²) in [5, 5.41) is 24.3. The molecular weight excluding hydrogens is 396 g/mol. The number of carboxylic acid groups (broad SMARTS) is 1. The van der Waals surface area contributed by atoms with Gasteiger partial charge in [-0.3, -0.25) is 10.1 Å². The van der Waals surface area contributed by atoms with E-state index in [1.807, 2.05) is 7.11 Å². The van der Waals surface area contributed by atoms with Crippen LogP contribution in [-0.2, 0) is 14.3 Å². The molecule has 0 aromatic carbocycles. The number of nitrogens with zero attached hydrogens (tertiary/aromatic N) is 1. The topological polar surface area (TPSA) is 91.3 Å². The fourth-order valence-corrected chi connectivity index (χ4v) is 8.70. The molecule has 5 aliphatic rings. The Morgan fingerprint density at radius 3 is 2.74 bits per heavy atom. The van der Waals surface area contributed by atoms with Crippen molar-refractivity contribution in [1.29, 1.82) is 0 Å². The molecule has 31 heavy (non-hydrogen) atoms. The summed E-state index contributed by atoms with van der Waals surface area (Å²) in [6.07, 6.45) is 5.60. The van der Waals surface area contributed by atoms with E-state index in [1.165, 1.54) is 0 Å². The van der Waals surface area contributed by atoms with Gasteiger partial charge in [0, 0.05) is 30.5 Å². The lowest BCUT2D eigenvalue weighted by Crippen LogP contribution is -2.78. The maximum absolute atomic E-state index is 12.0. The number of methoxy groups -OCH3 is 1. The summed E-state index contributed by atoms with van der Waals surface area (Å²) < 4.78 is 13.3. The Morgan fingerprint density at radius 1 is 1.29 bits per heavy atom. The summed E-state index contributed by atoms with van der Waals surface area (Å²) >= 11 is 0. The SMILES string of the molecule is CO[C@]12CC[C@H](N[C@@H](CC(C)C)C(=O)O)[C@@H]3OC4C(O)CCC5CC1N(C)CC[C@]32C54. The molecule has 2 bridgehead atoms. The highest BCUT2D eigenvalue weighted by molar-refractivity contribution is 5.73. The number of rotatable bonds is 6. The van der Waals surface area contributed by atoms with E-state index < -0.39 is 18.1 Å². The third kappa shape index (κ3) is 2.92. The molecule has 3 saturated carbocycles. The van der Waals surface area contributed by atoms with Crippen LogP contribution in [0, 0.1) is 23.2 Å². The maximum Gasteiger partial charge on any atom is 0.320 e. The number of piperidine rings is 1. The van der Waals surface area contributed by atoms with Gasteiger partial charge in [0.05, 0.1) is 23.9 Å². The van der Waals surface area contributed by atoms with Crippen LogP contribution in [0.2, 0.25) is 0 Å². The van der Waals surface area contributed by atoms with Crippen LogP contribution in [0.4, 0.5) is 0 Å². The highest BCUT2D eigenvalue weighted by Crippen LogP contribution is 2.70. The van der Waals surface area contributed by atoms with Crippen LogP contribution in [0.1, 0.15) is 58.8 Å². The number of likely N-dealkylation sites (tertiary alicyclic amines) is 1. The number of hydrogen-bond acceptors (Lipinski definition) is 6. The summed E-state index contributed by atoms with van der Waals surface area (Å²) in [5.41, 5.74) is -0.447. The molecule has 0 aromatic heterocycles. The van der Waals surface area contributed by atoms with Crippen molar-refractivity contribution in [3.05, 3.63) is 0 Å². The zero-order valence-electron chi connectivity index (χ0n) is 19.4. The number of carboxylic acids is 1. The van der Waals surface area contributed by atoms with Crippen molar-refractivity contribution in [1.82, 2.24) is 10.2 Å². The lowest BCUT2D eigenvalue weighted by molar-refractivity contribution is -0.269. The molecule has 2 saturated heterocycles. The summed E-state index contributed by atoms with van der Waals surface area (Å²) in [5.74, 6) is 0.352. The highest BCUT2D eigenvalue weighted by atomic mass is 16.5. The third-order valence-electron chi connectivity index (χ3n) is 9.72. The molecular formula is C24H40N2O5. The maximum atomic E-state index is 12.0. The second kappa shape index (κ2) is 7.66. The van der Waals surface area contributed by atoms with Gasteiger partial charge in [-0.2, -0.15) is 0 Å². The fourth-order valence-electron chi connectivity index (χ4n) is 8.70. The lowest BCUT2D eigenvalue weighted by atomic mass is 9.42. The second-order valence-corrected chi connectivity index (χ2v) is 11.4. The fraction of sp³-hybridized carbons (Fsp3) is 0.958. The zero-order chi connectivity index (χ0) is 22.1. The monoisotopic (exact) mass is 436 g/mol. The molecule has 7 nitrogen and oxygen atoms in total. The van der Waals surface area contributed by atoms with Gasteiger partial charge in [-0.05, 0) is 70.4 Å². The van der Waals surface area contributed by atoms with Crippen LogP contribution < -0.4 is 5.32 Å². The molecule has 7 heteroatoms. The van der Waals surface area contributed by atoms with Gasteiger partial charge in [0.25, 0.3) is 0 Å². The van der Waals surface area contributed by atoms with Crippen molar-refractivity contribution in [2.24, 2.45) is 23.2 Å². The first-order chi connectivity index (χ1) is 14.7. The normalized spacial score (nSPS) is 49.7. The Morgan fingerprint density at radius 2 is 2.06 bits per heavy atom. The number of likely N-dealkylation sites (N-methyl/N-ethyl adjacent to an activating group) is 1. The summed E-state index contributed by atoms with van der Waals surface area (Å²) in [7, 11) is 4.09. The first kappa shape index (κ1) is 22.1. The van der Waals surface area contributed by atoms with Crippen molar-refractivity contribution < 1.29 is 24.5 Å². The summed E-state index contributed by atoms with van der Waals surface area (Å²) in [6.45, 7) is 5.14. The van der Waals surface area contributed by atoms with Crippen molar-refractivity contribution >= 4 is 5.97 Å². The van der Waals surface area contributed by atoms with Crippen molar-refractivity contribution in [2.75, 3.05) is 20.7 Å². The molecule has 5 unspecified atom stereocenters. The zero-order valence-corrected chi connectivity index (χ0v) is 19.4. The van der Waals surface area contributed by atoms with E-state index in [-0.39, 0.29) is 29.3 Å². The molecule has 1 spiro atoms.